The number of likely N-dealkylation sites (tertiary alicyclic amines) is 1. The first kappa shape index (κ1) is 16.4. The van der Waals surface area contributed by atoms with Crippen molar-refractivity contribution in [2.24, 2.45) is 23.5 Å². The molecular weight excluding hydrogens is 240 g/mol. The molecule has 1 saturated heterocycles. The van der Waals surface area contributed by atoms with Crippen LogP contribution in [-0.4, -0.2) is 41.7 Å². The molecule has 1 aliphatic heterocycles. The van der Waals surface area contributed by atoms with Crippen LogP contribution in [0.5, 0.6) is 0 Å². The predicted molar refractivity (Wildman–Crippen MR) is 77.6 cm³/mol. The Morgan fingerprint density at radius 2 is 2.05 bits per heavy atom. The molecule has 112 valence electrons. The molecule has 3 unspecified atom stereocenters. The molecule has 0 aliphatic carbocycles. The van der Waals surface area contributed by atoms with Crippen molar-refractivity contribution in [1.29, 1.82) is 0 Å². The van der Waals surface area contributed by atoms with Crippen LogP contribution in [0.25, 0.3) is 0 Å². The van der Waals surface area contributed by atoms with E-state index in [9.17, 15) is 9.90 Å². The van der Waals surface area contributed by atoms with Gasteiger partial charge in [-0.05, 0) is 44.6 Å². The maximum absolute atomic E-state index is 12.2. The Kier molecular flexibility index (Phi) is 6.80. The van der Waals surface area contributed by atoms with E-state index < -0.39 is 0 Å². The Bertz CT molecular complexity index is 279. The second-order valence-corrected chi connectivity index (χ2v) is 6.25. The lowest BCUT2D eigenvalue weighted by Gasteiger charge is -2.22. The standard InChI is InChI=1S/C15H30N2O2/c1-11(2)13(6-8-16)4-5-15(19)17-9-7-14(10-17)12(3)18/h11-14,18H,4-10,16H2,1-3H3. The third kappa shape index (κ3) is 5.11. The summed E-state index contributed by atoms with van der Waals surface area (Å²) in [4.78, 5) is 14.1. The number of aliphatic hydroxyl groups is 1. The van der Waals surface area contributed by atoms with Gasteiger partial charge >= 0.3 is 0 Å². The van der Waals surface area contributed by atoms with Crippen LogP contribution in [0, 0.1) is 17.8 Å². The number of amides is 1. The number of aliphatic hydroxyl groups excluding tert-OH is 1. The SMILES string of the molecule is CC(C)C(CCN)CCC(=O)N1CCC(C(C)O)C1. The Labute approximate surface area is 117 Å². The number of hydrogen-bond donors (Lipinski definition) is 2. The molecule has 0 aromatic heterocycles. The lowest BCUT2D eigenvalue weighted by Crippen LogP contribution is -2.31. The van der Waals surface area contributed by atoms with Crippen LogP contribution in [0.1, 0.15) is 46.5 Å². The average molecular weight is 270 g/mol. The zero-order valence-corrected chi connectivity index (χ0v) is 12.6. The Balaban J connectivity index is 2.35. The minimum Gasteiger partial charge on any atom is -0.393 e. The largest absolute Gasteiger partial charge is 0.393 e. The minimum atomic E-state index is -0.307. The molecular formula is C15H30N2O2. The van der Waals surface area contributed by atoms with Gasteiger partial charge in [0, 0.05) is 25.4 Å². The normalized spacial score (nSPS) is 22.8. The Morgan fingerprint density at radius 3 is 2.53 bits per heavy atom. The molecule has 4 heteroatoms. The van der Waals surface area contributed by atoms with Crippen molar-refractivity contribution in [1.82, 2.24) is 4.90 Å². The maximum atomic E-state index is 12.2. The zero-order chi connectivity index (χ0) is 14.4. The van der Waals surface area contributed by atoms with Crippen LogP contribution in [-0.2, 0) is 4.79 Å². The Morgan fingerprint density at radius 1 is 1.37 bits per heavy atom. The minimum absolute atomic E-state index is 0.242. The smallest absolute Gasteiger partial charge is 0.222 e. The van der Waals surface area contributed by atoms with Gasteiger partial charge in [-0.25, -0.2) is 0 Å². The van der Waals surface area contributed by atoms with Crippen LogP contribution in [0.15, 0.2) is 0 Å². The van der Waals surface area contributed by atoms with Gasteiger partial charge in [0.25, 0.3) is 0 Å². The number of carbonyl (C=O) groups is 1. The van der Waals surface area contributed by atoms with Gasteiger partial charge in [-0.3, -0.25) is 4.79 Å². The summed E-state index contributed by atoms with van der Waals surface area (Å²) in [5, 5.41) is 9.56. The van der Waals surface area contributed by atoms with E-state index in [1.807, 2.05) is 11.8 Å². The van der Waals surface area contributed by atoms with Gasteiger partial charge < -0.3 is 15.7 Å². The van der Waals surface area contributed by atoms with Crippen molar-refractivity contribution in [3.63, 3.8) is 0 Å². The quantitative estimate of drug-likeness (QED) is 0.738. The lowest BCUT2D eigenvalue weighted by molar-refractivity contribution is -0.130. The van der Waals surface area contributed by atoms with Crippen molar-refractivity contribution in [2.45, 2.75) is 52.6 Å². The lowest BCUT2D eigenvalue weighted by atomic mass is 9.88. The van der Waals surface area contributed by atoms with E-state index in [0.717, 1.165) is 32.4 Å². The maximum Gasteiger partial charge on any atom is 0.222 e. The van der Waals surface area contributed by atoms with Crippen LogP contribution in [0.4, 0.5) is 0 Å². The second kappa shape index (κ2) is 7.85. The van der Waals surface area contributed by atoms with E-state index in [-0.39, 0.29) is 17.9 Å². The summed E-state index contributed by atoms with van der Waals surface area (Å²) in [5.74, 6) is 1.63. The molecule has 1 heterocycles. The Hall–Kier alpha value is -0.610. The second-order valence-electron chi connectivity index (χ2n) is 6.25. The molecule has 0 aromatic carbocycles. The van der Waals surface area contributed by atoms with Crippen molar-refractivity contribution >= 4 is 5.91 Å². The molecule has 0 spiro atoms. The van der Waals surface area contributed by atoms with E-state index >= 15 is 0 Å². The molecule has 0 radical (unpaired) electrons. The first-order valence-corrected chi connectivity index (χ1v) is 7.61. The van der Waals surface area contributed by atoms with Gasteiger partial charge in [0.05, 0.1) is 6.10 Å². The molecule has 1 aliphatic rings. The van der Waals surface area contributed by atoms with Crippen LogP contribution in [0.2, 0.25) is 0 Å². The van der Waals surface area contributed by atoms with E-state index in [0.29, 0.717) is 24.8 Å². The molecule has 1 rings (SSSR count). The van der Waals surface area contributed by atoms with Crippen LogP contribution < -0.4 is 5.73 Å². The molecule has 3 N–H and O–H groups in total. The molecule has 0 aromatic rings. The summed E-state index contributed by atoms with van der Waals surface area (Å²) in [6.45, 7) is 8.44. The summed E-state index contributed by atoms with van der Waals surface area (Å²) in [6, 6.07) is 0. The summed E-state index contributed by atoms with van der Waals surface area (Å²) >= 11 is 0. The first-order valence-electron chi connectivity index (χ1n) is 7.61. The van der Waals surface area contributed by atoms with E-state index in [1.165, 1.54) is 0 Å². The third-order valence-corrected chi connectivity index (χ3v) is 4.47. The fraction of sp³-hybridized carbons (Fsp3) is 0.933. The number of nitrogens with zero attached hydrogens (tertiary/aromatic N) is 1. The number of rotatable bonds is 7. The van der Waals surface area contributed by atoms with E-state index in [4.69, 9.17) is 5.73 Å². The fourth-order valence-corrected chi connectivity index (χ4v) is 2.90. The summed E-state index contributed by atoms with van der Waals surface area (Å²) < 4.78 is 0. The first-order chi connectivity index (χ1) is 8.95. The summed E-state index contributed by atoms with van der Waals surface area (Å²) in [6.07, 6.45) is 3.18. The van der Waals surface area contributed by atoms with Gasteiger partial charge in [0.1, 0.15) is 0 Å². The van der Waals surface area contributed by atoms with E-state index in [2.05, 4.69) is 13.8 Å². The highest BCUT2D eigenvalue weighted by molar-refractivity contribution is 5.76. The number of nitrogens with two attached hydrogens (primary N) is 1. The summed E-state index contributed by atoms with van der Waals surface area (Å²) in [7, 11) is 0. The molecule has 1 amide bonds. The molecule has 19 heavy (non-hydrogen) atoms. The fourth-order valence-electron chi connectivity index (χ4n) is 2.90. The highest BCUT2D eigenvalue weighted by atomic mass is 16.3. The van der Waals surface area contributed by atoms with Crippen molar-refractivity contribution in [3.05, 3.63) is 0 Å². The monoisotopic (exact) mass is 270 g/mol. The van der Waals surface area contributed by atoms with Gasteiger partial charge in [-0.15, -0.1) is 0 Å². The van der Waals surface area contributed by atoms with Gasteiger partial charge in [0.2, 0.25) is 5.91 Å². The van der Waals surface area contributed by atoms with Crippen molar-refractivity contribution in [3.8, 4) is 0 Å². The zero-order valence-electron chi connectivity index (χ0n) is 12.6. The van der Waals surface area contributed by atoms with Crippen LogP contribution in [0.3, 0.4) is 0 Å². The highest BCUT2D eigenvalue weighted by Gasteiger charge is 2.29. The molecule has 4 nitrogen and oxygen atoms in total. The van der Waals surface area contributed by atoms with Crippen molar-refractivity contribution in [2.75, 3.05) is 19.6 Å². The topological polar surface area (TPSA) is 66.6 Å². The summed E-state index contributed by atoms with van der Waals surface area (Å²) in [5.41, 5.74) is 5.62. The van der Waals surface area contributed by atoms with Crippen molar-refractivity contribution < 1.29 is 9.90 Å². The molecule has 0 bridgehead atoms. The van der Waals surface area contributed by atoms with Gasteiger partial charge in [0.15, 0.2) is 0 Å². The highest BCUT2D eigenvalue weighted by Crippen LogP contribution is 2.24. The number of hydrogen-bond acceptors (Lipinski definition) is 3. The number of carbonyl (C=O) groups excluding carboxylic acids is 1. The molecule has 0 saturated carbocycles. The van der Waals surface area contributed by atoms with Crippen LogP contribution >= 0.6 is 0 Å². The van der Waals surface area contributed by atoms with E-state index in [1.54, 1.807) is 0 Å². The van der Waals surface area contributed by atoms with Gasteiger partial charge in [-0.2, -0.15) is 0 Å². The van der Waals surface area contributed by atoms with Gasteiger partial charge in [-0.1, -0.05) is 13.8 Å². The molecule has 3 atom stereocenters. The average Bonchev–Trinajstić information content (AvgIpc) is 2.83. The third-order valence-electron chi connectivity index (χ3n) is 4.47. The predicted octanol–water partition coefficient (Wildman–Crippen LogP) is 1.62. The molecule has 1 fully saturated rings.